The van der Waals surface area contributed by atoms with Crippen molar-refractivity contribution in [2.75, 3.05) is 23.9 Å². The van der Waals surface area contributed by atoms with E-state index in [1.165, 1.54) is 31.0 Å². The van der Waals surface area contributed by atoms with E-state index in [1.807, 2.05) is 6.07 Å². The van der Waals surface area contributed by atoms with Crippen LogP contribution in [0.3, 0.4) is 0 Å². The van der Waals surface area contributed by atoms with Gasteiger partial charge in [0.15, 0.2) is 0 Å². The zero-order chi connectivity index (χ0) is 15.7. The maximum Gasteiger partial charge on any atom is 0.296 e. The molecule has 0 saturated heterocycles. The predicted octanol–water partition coefficient (Wildman–Crippen LogP) is 2.58. The van der Waals surface area contributed by atoms with E-state index in [9.17, 15) is 14.9 Å². The summed E-state index contributed by atoms with van der Waals surface area (Å²) < 4.78 is 4.92. The average Bonchev–Trinajstić information content (AvgIpc) is 2.47. The molecule has 0 aliphatic rings. The topological polar surface area (TPSA) is 105 Å². The molecular formula is C13H15N3O4S. The first-order valence-electron chi connectivity index (χ1n) is 6.15. The zero-order valence-corrected chi connectivity index (χ0v) is 12.3. The number of benzene rings is 1. The molecule has 1 aromatic rings. The molecule has 0 aromatic heterocycles. The molecule has 21 heavy (non-hydrogen) atoms. The van der Waals surface area contributed by atoms with E-state index in [4.69, 9.17) is 10.00 Å². The molecule has 7 nitrogen and oxygen atoms in total. The van der Waals surface area contributed by atoms with Gasteiger partial charge in [0.2, 0.25) is 5.91 Å². The fourth-order valence-corrected chi connectivity index (χ4v) is 2.25. The standard InChI is InChI=1S/C13H15N3O4S/c1-20-10-4-5-11(12(8-10)16(18)19)15-13(17)9-21-7-3-2-6-14/h4-5,8H,2-3,7,9H2,1H3,(H,15,17). The molecule has 0 atom stereocenters. The molecule has 0 bridgehead atoms. The largest absolute Gasteiger partial charge is 0.496 e. The molecule has 0 aliphatic carbocycles. The summed E-state index contributed by atoms with van der Waals surface area (Å²) in [5, 5.41) is 21.9. The maximum absolute atomic E-state index is 11.7. The number of methoxy groups -OCH3 is 1. The van der Waals surface area contributed by atoms with Crippen LogP contribution in [0.1, 0.15) is 12.8 Å². The van der Waals surface area contributed by atoms with E-state index >= 15 is 0 Å². The lowest BCUT2D eigenvalue weighted by Crippen LogP contribution is -2.15. The molecule has 0 fully saturated rings. The molecule has 0 saturated carbocycles. The Morgan fingerprint density at radius 3 is 2.95 bits per heavy atom. The number of nitriles is 1. The molecule has 8 heteroatoms. The van der Waals surface area contributed by atoms with Crippen molar-refractivity contribution in [3.05, 3.63) is 28.3 Å². The highest BCUT2D eigenvalue weighted by Crippen LogP contribution is 2.29. The van der Waals surface area contributed by atoms with Gasteiger partial charge in [-0.05, 0) is 24.3 Å². The Balaban J connectivity index is 2.59. The van der Waals surface area contributed by atoms with Crippen molar-refractivity contribution in [1.29, 1.82) is 5.26 Å². The molecule has 0 radical (unpaired) electrons. The summed E-state index contributed by atoms with van der Waals surface area (Å²) in [6, 6.07) is 6.27. The number of ether oxygens (including phenoxy) is 1. The maximum atomic E-state index is 11.7. The van der Waals surface area contributed by atoms with Gasteiger partial charge in [-0.1, -0.05) is 0 Å². The third-order valence-corrected chi connectivity index (χ3v) is 3.53. The zero-order valence-electron chi connectivity index (χ0n) is 11.5. The number of amides is 1. The van der Waals surface area contributed by atoms with E-state index in [-0.39, 0.29) is 23.0 Å². The Bertz CT molecular complexity index is 557. The summed E-state index contributed by atoms with van der Waals surface area (Å²) >= 11 is 1.38. The van der Waals surface area contributed by atoms with Crippen LogP contribution in [0.25, 0.3) is 0 Å². The third kappa shape index (κ3) is 5.71. The van der Waals surface area contributed by atoms with Crippen molar-refractivity contribution < 1.29 is 14.5 Å². The molecule has 0 unspecified atom stereocenters. The number of nitrogens with zero attached hydrogens (tertiary/aromatic N) is 2. The summed E-state index contributed by atoms with van der Waals surface area (Å²) in [7, 11) is 1.41. The van der Waals surface area contributed by atoms with Crippen LogP contribution in [0.2, 0.25) is 0 Å². The van der Waals surface area contributed by atoms with Crippen molar-refractivity contribution in [3.63, 3.8) is 0 Å². The van der Waals surface area contributed by atoms with Crippen LogP contribution in [-0.2, 0) is 4.79 Å². The molecule has 0 spiro atoms. The number of anilines is 1. The molecule has 1 N–H and O–H groups in total. The summed E-state index contributed by atoms with van der Waals surface area (Å²) in [5.41, 5.74) is -0.0689. The number of nitro benzene ring substituents is 1. The first-order chi connectivity index (χ1) is 10.1. The molecule has 0 heterocycles. The van der Waals surface area contributed by atoms with E-state index in [2.05, 4.69) is 5.32 Å². The molecule has 1 amide bonds. The van der Waals surface area contributed by atoms with Crippen molar-refractivity contribution in [2.45, 2.75) is 12.8 Å². The van der Waals surface area contributed by atoms with Crippen molar-refractivity contribution in [1.82, 2.24) is 0 Å². The summed E-state index contributed by atoms with van der Waals surface area (Å²) in [6.07, 6.45) is 1.18. The quantitative estimate of drug-likeness (QED) is 0.449. The lowest BCUT2D eigenvalue weighted by Gasteiger charge is -2.07. The first-order valence-corrected chi connectivity index (χ1v) is 7.31. The van der Waals surface area contributed by atoms with Gasteiger partial charge in [0.1, 0.15) is 11.4 Å². The number of rotatable bonds is 8. The smallest absolute Gasteiger partial charge is 0.296 e. The van der Waals surface area contributed by atoms with E-state index in [1.54, 1.807) is 6.07 Å². The number of hydrogen-bond donors (Lipinski definition) is 1. The number of nitro groups is 1. The van der Waals surface area contributed by atoms with Gasteiger partial charge < -0.3 is 10.1 Å². The van der Waals surface area contributed by atoms with Crippen LogP contribution >= 0.6 is 11.8 Å². The summed E-state index contributed by atoms with van der Waals surface area (Å²) in [5.74, 6) is 0.927. The van der Waals surface area contributed by atoms with E-state index in [0.717, 1.165) is 6.42 Å². The van der Waals surface area contributed by atoms with Gasteiger partial charge in [0.05, 0.1) is 29.9 Å². The number of carbonyl (C=O) groups excluding carboxylic acids is 1. The van der Waals surface area contributed by atoms with Gasteiger partial charge in [0, 0.05) is 6.42 Å². The Morgan fingerprint density at radius 1 is 1.57 bits per heavy atom. The number of nitrogens with one attached hydrogen (secondary N) is 1. The van der Waals surface area contributed by atoms with Crippen LogP contribution in [0, 0.1) is 21.4 Å². The van der Waals surface area contributed by atoms with Crippen LogP contribution in [0.15, 0.2) is 18.2 Å². The third-order valence-electron chi connectivity index (χ3n) is 2.49. The minimum Gasteiger partial charge on any atom is -0.496 e. The molecule has 1 rings (SSSR count). The van der Waals surface area contributed by atoms with Crippen molar-refractivity contribution in [3.8, 4) is 11.8 Å². The van der Waals surface area contributed by atoms with Gasteiger partial charge in [-0.15, -0.1) is 0 Å². The summed E-state index contributed by atoms with van der Waals surface area (Å²) in [4.78, 5) is 22.1. The monoisotopic (exact) mass is 309 g/mol. The van der Waals surface area contributed by atoms with Crippen molar-refractivity contribution in [2.24, 2.45) is 0 Å². The highest BCUT2D eigenvalue weighted by molar-refractivity contribution is 7.99. The fraction of sp³-hybridized carbons (Fsp3) is 0.385. The highest BCUT2D eigenvalue weighted by atomic mass is 32.2. The van der Waals surface area contributed by atoms with E-state index < -0.39 is 4.92 Å². The average molecular weight is 309 g/mol. The Kier molecular flexibility index (Phi) is 7.04. The van der Waals surface area contributed by atoms with Crippen LogP contribution in [0.4, 0.5) is 11.4 Å². The van der Waals surface area contributed by atoms with Gasteiger partial charge in [-0.2, -0.15) is 17.0 Å². The Labute approximate surface area is 126 Å². The Morgan fingerprint density at radius 2 is 2.33 bits per heavy atom. The normalized spacial score (nSPS) is 9.71. The van der Waals surface area contributed by atoms with Crippen molar-refractivity contribution >= 4 is 29.0 Å². The van der Waals surface area contributed by atoms with Crippen LogP contribution in [0.5, 0.6) is 5.75 Å². The van der Waals surface area contributed by atoms with Gasteiger partial charge >= 0.3 is 0 Å². The number of unbranched alkanes of at least 4 members (excludes halogenated alkanes) is 1. The molecule has 112 valence electrons. The highest BCUT2D eigenvalue weighted by Gasteiger charge is 2.17. The molecule has 1 aromatic carbocycles. The number of hydrogen-bond acceptors (Lipinski definition) is 6. The minimum atomic E-state index is -0.571. The summed E-state index contributed by atoms with van der Waals surface area (Å²) in [6.45, 7) is 0. The second-order valence-electron chi connectivity index (χ2n) is 4.00. The van der Waals surface area contributed by atoms with E-state index in [0.29, 0.717) is 17.9 Å². The second kappa shape index (κ2) is 8.81. The lowest BCUT2D eigenvalue weighted by molar-refractivity contribution is -0.384. The molecule has 0 aliphatic heterocycles. The SMILES string of the molecule is COc1ccc(NC(=O)CSCCCC#N)c([N+](=O)[O-])c1. The van der Waals surface area contributed by atoms with Gasteiger partial charge in [-0.25, -0.2) is 0 Å². The van der Waals surface area contributed by atoms with Gasteiger partial charge in [0.25, 0.3) is 5.69 Å². The fourth-order valence-electron chi connectivity index (χ4n) is 1.50. The predicted molar refractivity (Wildman–Crippen MR) is 80.5 cm³/mol. The second-order valence-corrected chi connectivity index (χ2v) is 5.11. The van der Waals surface area contributed by atoms with Crippen LogP contribution in [-0.4, -0.2) is 29.4 Å². The van der Waals surface area contributed by atoms with Crippen LogP contribution < -0.4 is 10.1 Å². The number of thioether (sulfide) groups is 1. The lowest BCUT2D eigenvalue weighted by atomic mass is 10.2. The number of carbonyl (C=O) groups is 1. The first kappa shape index (κ1) is 16.8. The minimum absolute atomic E-state index is 0.142. The van der Waals surface area contributed by atoms with Gasteiger partial charge in [-0.3, -0.25) is 14.9 Å². The molecular weight excluding hydrogens is 294 g/mol. The Hall–Kier alpha value is -2.27.